The zero-order chi connectivity index (χ0) is 15.0. The fraction of sp³-hybridized carbons (Fsp3) is 0.385. The molecule has 3 heterocycles. The zero-order valence-electron chi connectivity index (χ0n) is 10.9. The Kier molecular flexibility index (Phi) is 3.55. The van der Waals surface area contributed by atoms with Gasteiger partial charge in [0.15, 0.2) is 0 Å². The second-order valence-corrected chi connectivity index (χ2v) is 5.76. The molecule has 0 bridgehead atoms. The maximum atomic E-state index is 12.7. The molecule has 0 atom stereocenters. The highest BCUT2D eigenvalue weighted by atomic mass is 79.9. The highest BCUT2D eigenvalue weighted by molar-refractivity contribution is 9.10. The lowest BCUT2D eigenvalue weighted by Gasteiger charge is -2.38. The van der Waals surface area contributed by atoms with E-state index >= 15 is 0 Å². The number of fused-ring (bicyclic) bond motifs is 1. The number of likely N-dealkylation sites (tertiary alicyclic amines) is 1. The van der Waals surface area contributed by atoms with Crippen LogP contribution in [0.15, 0.2) is 22.9 Å². The molecule has 0 N–H and O–H groups in total. The molecule has 0 aliphatic carbocycles. The first kappa shape index (κ1) is 14.2. The summed E-state index contributed by atoms with van der Waals surface area (Å²) in [6, 6.07) is 3.80. The molecule has 1 aliphatic heterocycles. The number of nitriles is 1. The van der Waals surface area contributed by atoms with E-state index in [2.05, 4.69) is 27.1 Å². The number of rotatable bonds is 4. The van der Waals surface area contributed by atoms with Gasteiger partial charge in [-0.25, -0.2) is 13.3 Å². The number of alkyl halides is 2. The largest absolute Gasteiger partial charge is 0.491 e. The van der Waals surface area contributed by atoms with Crippen molar-refractivity contribution in [3.8, 4) is 11.8 Å². The summed E-state index contributed by atoms with van der Waals surface area (Å²) < 4.78 is 33.2. The van der Waals surface area contributed by atoms with Gasteiger partial charge < -0.3 is 4.74 Å². The predicted molar refractivity (Wildman–Crippen MR) is 74.5 cm³/mol. The van der Waals surface area contributed by atoms with Crippen LogP contribution in [0.1, 0.15) is 5.56 Å². The topological polar surface area (TPSA) is 53.6 Å². The number of pyridine rings is 1. The van der Waals surface area contributed by atoms with Gasteiger partial charge in [0.2, 0.25) is 0 Å². The lowest BCUT2D eigenvalue weighted by molar-refractivity contribution is -0.132. The van der Waals surface area contributed by atoms with Crippen LogP contribution in [-0.2, 0) is 0 Å². The number of ether oxygens (including phenoxy) is 1. The van der Waals surface area contributed by atoms with Crippen LogP contribution in [0.5, 0.6) is 5.75 Å². The third-order valence-corrected chi connectivity index (χ3v) is 3.85. The molecule has 0 amide bonds. The predicted octanol–water partition coefficient (Wildman–Crippen LogP) is 2.30. The Morgan fingerprint density at radius 1 is 1.48 bits per heavy atom. The van der Waals surface area contributed by atoms with Gasteiger partial charge in [0.05, 0.1) is 36.6 Å². The van der Waals surface area contributed by atoms with E-state index in [0.717, 1.165) is 0 Å². The minimum Gasteiger partial charge on any atom is -0.491 e. The van der Waals surface area contributed by atoms with Crippen molar-refractivity contribution in [1.29, 1.82) is 5.26 Å². The van der Waals surface area contributed by atoms with Crippen LogP contribution in [0.4, 0.5) is 8.78 Å². The van der Waals surface area contributed by atoms with Crippen LogP contribution in [-0.4, -0.2) is 46.7 Å². The third-order valence-electron chi connectivity index (χ3n) is 3.25. The Morgan fingerprint density at radius 2 is 2.24 bits per heavy atom. The Morgan fingerprint density at radius 3 is 2.90 bits per heavy atom. The number of nitrogens with zero attached hydrogens (tertiary/aromatic N) is 4. The smallest absolute Gasteiger partial charge is 0.272 e. The van der Waals surface area contributed by atoms with Crippen molar-refractivity contribution in [2.24, 2.45) is 0 Å². The molecule has 0 saturated carbocycles. The summed E-state index contributed by atoms with van der Waals surface area (Å²) in [5.74, 6) is -1.99. The third kappa shape index (κ3) is 2.84. The molecule has 5 nitrogen and oxygen atoms in total. The van der Waals surface area contributed by atoms with Crippen LogP contribution in [0.3, 0.4) is 0 Å². The molecule has 2 aromatic heterocycles. The van der Waals surface area contributed by atoms with E-state index in [1.165, 1.54) is 6.20 Å². The van der Waals surface area contributed by atoms with Gasteiger partial charge in [-0.2, -0.15) is 10.4 Å². The molecule has 110 valence electrons. The average Bonchev–Trinajstić information content (AvgIpc) is 2.80. The minimum atomic E-state index is -2.55. The lowest BCUT2D eigenvalue weighted by Crippen LogP contribution is -2.56. The van der Waals surface area contributed by atoms with E-state index in [0.29, 0.717) is 34.5 Å². The van der Waals surface area contributed by atoms with E-state index in [-0.39, 0.29) is 13.1 Å². The molecule has 3 rings (SSSR count). The normalized spacial score (nSPS) is 17.4. The van der Waals surface area contributed by atoms with Crippen molar-refractivity contribution < 1.29 is 13.5 Å². The quantitative estimate of drug-likeness (QED) is 0.843. The summed E-state index contributed by atoms with van der Waals surface area (Å²) in [4.78, 5) is 1.63. The van der Waals surface area contributed by atoms with Gasteiger partial charge in [-0.1, -0.05) is 0 Å². The Balaban J connectivity index is 1.64. The fourth-order valence-corrected chi connectivity index (χ4v) is 2.89. The van der Waals surface area contributed by atoms with Crippen LogP contribution < -0.4 is 4.74 Å². The second-order valence-electron chi connectivity index (χ2n) is 4.90. The molecule has 8 heteroatoms. The summed E-state index contributed by atoms with van der Waals surface area (Å²) >= 11 is 3.38. The van der Waals surface area contributed by atoms with E-state index in [9.17, 15) is 8.78 Å². The Hall–Kier alpha value is -1.72. The fourth-order valence-electron chi connectivity index (χ4n) is 2.27. The number of hydrogen-bond acceptors (Lipinski definition) is 4. The monoisotopic (exact) mass is 356 g/mol. The first-order valence-electron chi connectivity index (χ1n) is 6.28. The highest BCUT2D eigenvalue weighted by Crippen LogP contribution is 2.27. The minimum absolute atomic E-state index is 0.205. The van der Waals surface area contributed by atoms with Gasteiger partial charge >= 0.3 is 0 Å². The van der Waals surface area contributed by atoms with E-state index in [1.54, 1.807) is 21.7 Å². The van der Waals surface area contributed by atoms with Gasteiger partial charge in [-0.15, -0.1) is 0 Å². The zero-order valence-corrected chi connectivity index (χ0v) is 12.5. The maximum Gasteiger partial charge on any atom is 0.272 e. The maximum absolute atomic E-state index is 12.7. The van der Waals surface area contributed by atoms with Gasteiger partial charge in [-0.3, -0.25) is 4.90 Å². The van der Waals surface area contributed by atoms with Crippen LogP contribution in [0.25, 0.3) is 5.52 Å². The summed E-state index contributed by atoms with van der Waals surface area (Å²) in [5.41, 5.74) is 1.14. The molecule has 1 fully saturated rings. The van der Waals surface area contributed by atoms with Gasteiger partial charge in [-0.05, 0) is 22.0 Å². The molecule has 0 spiro atoms. The molecule has 0 unspecified atom stereocenters. The molecule has 1 aliphatic rings. The molecular formula is C13H11BrF2N4O. The Labute approximate surface area is 127 Å². The summed E-state index contributed by atoms with van der Waals surface area (Å²) in [6.45, 7) is 0.363. The molecule has 2 aromatic rings. The molecule has 0 aromatic carbocycles. The molecule has 21 heavy (non-hydrogen) atoms. The molecule has 0 radical (unpaired) electrons. The molecular weight excluding hydrogens is 346 g/mol. The Bertz CT molecular complexity index is 717. The molecule has 1 saturated heterocycles. The van der Waals surface area contributed by atoms with Crippen molar-refractivity contribution in [1.82, 2.24) is 14.5 Å². The lowest BCUT2D eigenvalue weighted by atomic mass is 10.1. The highest BCUT2D eigenvalue weighted by Gasteiger charge is 2.43. The SMILES string of the molecule is N#Cc1cnn2cc(OCCN3CC(F)(F)C3)cc(Br)c12. The van der Waals surface area contributed by atoms with Crippen LogP contribution >= 0.6 is 15.9 Å². The van der Waals surface area contributed by atoms with Crippen molar-refractivity contribution in [3.63, 3.8) is 0 Å². The first-order valence-corrected chi connectivity index (χ1v) is 7.08. The number of hydrogen-bond donors (Lipinski definition) is 0. The first-order chi connectivity index (χ1) is 9.98. The van der Waals surface area contributed by atoms with Crippen molar-refractivity contribution in [2.45, 2.75) is 5.92 Å². The van der Waals surface area contributed by atoms with Crippen LogP contribution in [0.2, 0.25) is 0 Å². The van der Waals surface area contributed by atoms with E-state index in [4.69, 9.17) is 10.00 Å². The van der Waals surface area contributed by atoms with E-state index < -0.39 is 5.92 Å². The number of aromatic nitrogens is 2. The van der Waals surface area contributed by atoms with Crippen LogP contribution in [0, 0.1) is 11.3 Å². The summed E-state index contributed by atoms with van der Waals surface area (Å²) in [5, 5.41) is 13.0. The van der Waals surface area contributed by atoms with Gasteiger partial charge in [0.1, 0.15) is 18.4 Å². The van der Waals surface area contributed by atoms with Crippen molar-refractivity contribution in [2.75, 3.05) is 26.2 Å². The summed E-state index contributed by atoms with van der Waals surface area (Å²) in [7, 11) is 0. The van der Waals surface area contributed by atoms with E-state index in [1.807, 2.05) is 0 Å². The average molecular weight is 357 g/mol. The standard InChI is InChI=1S/C13H11BrF2N4O/c14-11-3-10(6-20-12(11)9(4-17)5-18-20)21-2-1-19-7-13(15,16)8-19/h3,5-6H,1-2,7-8H2. The van der Waals surface area contributed by atoms with Gasteiger partial charge in [0, 0.05) is 11.0 Å². The summed E-state index contributed by atoms with van der Waals surface area (Å²) in [6.07, 6.45) is 3.14. The van der Waals surface area contributed by atoms with Crippen molar-refractivity contribution in [3.05, 3.63) is 28.5 Å². The van der Waals surface area contributed by atoms with Crippen molar-refractivity contribution >= 4 is 21.4 Å². The van der Waals surface area contributed by atoms with Gasteiger partial charge in [0.25, 0.3) is 5.92 Å². The number of halogens is 3. The second kappa shape index (κ2) is 5.24.